The molecule has 30 heavy (non-hydrogen) atoms. The van der Waals surface area contributed by atoms with E-state index >= 15 is 0 Å². The second-order valence-corrected chi connectivity index (χ2v) is 7.27. The summed E-state index contributed by atoms with van der Waals surface area (Å²) in [5.41, 5.74) is 6.14. The van der Waals surface area contributed by atoms with Crippen molar-refractivity contribution in [2.45, 2.75) is 19.0 Å². The molecule has 3 aromatic rings. The molecule has 0 bridgehead atoms. The highest BCUT2D eigenvalue weighted by Crippen LogP contribution is 2.44. The van der Waals surface area contributed by atoms with Crippen LogP contribution >= 0.6 is 12.4 Å². The van der Waals surface area contributed by atoms with Crippen molar-refractivity contribution in [3.63, 3.8) is 0 Å². The molecule has 2 aliphatic rings. The molecule has 0 saturated carbocycles. The highest BCUT2D eigenvalue weighted by molar-refractivity contribution is 5.86. The summed E-state index contributed by atoms with van der Waals surface area (Å²) in [7, 11) is 0. The zero-order chi connectivity index (χ0) is 20.0. The fourth-order valence-corrected chi connectivity index (χ4v) is 4.19. The molecule has 1 N–H and O–H groups in total. The van der Waals surface area contributed by atoms with Gasteiger partial charge in [0.05, 0.1) is 18.8 Å². The molecule has 1 aliphatic carbocycles. The largest absolute Gasteiger partial charge is 0.477 e. The number of pyridine rings is 1. The normalized spacial score (nSPS) is 13.8. The van der Waals surface area contributed by atoms with Gasteiger partial charge in [-0.05, 0) is 33.9 Å². The summed E-state index contributed by atoms with van der Waals surface area (Å²) in [5, 5.41) is 9.09. The number of halogens is 1. The van der Waals surface area contributed by atoms with E-state index in [1.165, 1.54) is 28.3 Å². The zero-order valence-electron chi connectivity index (χ0n) is 15.9. The van der Waals surface area contributed by atoms with Crippen molar-refractivity contribution in [2.75, 3.05) is 6.61 Å². The Labute approximate surface area is 179 Å². The van der Waals surface area contributed by atoms with E-state index in [9.17, 15) is 9.59 Å². The van der Waals surface area contributed by atoms with Crippen molar-refractivity contribution in [3.05, 3.63) is 88.7 Å². The molecule has 6 nitrogen and oxygen atoms in total. The van der Waals surface area contributed by atoms with E-state index in [0.29, 0.717) is 12.2 Å². The van der Waals surface area contributed by atoms with E-state index in [1.54, 1.807) is 11.0 Å². The maximum atomic E-state index is 12.7. The molecule has 0 unspecified atom stereocenters. The van der Waals surface area contributed by atoms with Crippen LogP contribution in [0.25, 0.3) is 11.1 Å². The first kappa shape index (κ1) is 19.9. The SMILES string of the molecule is Cl.O=C(O)c1ccc2c(n1)CN(C(=O)OCC1c3ccccc3-c3ccccc31)C2. The first-order chi connectivity index (χ1) is 14.1. The topological polar surface area (TPSA) is 79.7 Å². The molecule has 5 rings (SSSR count). The molecule has 1 amide bonds. The summed E-state index contributed by atoms with van der Waals surface area (Å²) in [5.74, 6) is -1.07. The Morgan fingerprint density at radius 1 is 0.967 bits per heavy atom. The minimum Gasteiger partial charge on any atom is -0.477 e. The van der Waals surface area contributed by atoms with Gasteiger partial charge in [0.2, 0.25) is 0 Å². The summed E-state index contributed by atoms with van der Waals surface area (Å²) in [6, 6.07) is 19.6. The highest BCUT2D eigenvalue weighted by atomic mass is 35.5. The van der Waals surface area contributed by atoms with Gasteiger partial charge >= 0.3 is 12.1 Å². The predicted octanol–water partition coefficient (Wildman–Crippen LogP) is 4.47. The van der Waals surface area contributed by atoms with Gasteiger partial charge in [0.25, 0.3) is 0 Å². The third-order valence-corrected chi connectivity index (χ3v) is 5.58. The van der Waals surface area contributed by atoms with E-state index in [1.807, 2.05) is 24.3 Å². The van der Waals surface area contributed by atoms with Gasteiger partial charge in [-0.3, -0.25) is 4.90 Å². The van der Waals surface area contributed by atoms with Crippen LogP contribution in [0.15, 0.2) is 60.7 Å². The molecule has 152 valence electrons. The minimum atomic E-state index is -1.08. The maximum absolute atomic E-state index is 12.7. The van der Waals surface area contributed by atoms with Gasteiger partial charge < -0.3 is 9.84 Å². The molecule has 0 radical (unpaired) electrons. The second-order valence-electron chi connectivity index (χ2n) is 7.27. The first-order valence-corrected chi connectivity index (χ1v) is 9.44. The van der Waals surface area contributed by atoms with Crippen LogP contribution in [-0.2, 0) is 17.8 Å². The van der Waals surface area contributed by atoms with E-state index in [4.69, 9.17) is 9.84 Å². The second kappa shape index (κ2) is 7.80. The number of carbonyl (C=O) groups excluding carboxylic acids is 1. The van der Waals surface area contributed by atoms with Crippen LogP contribution in [0.5, 0.6) is 0 Å². The van der Waals surface area contributed by atoms with E-state index in [2.05, 4.69) is 29.2 Å². The van der Waals surface area contributed by atoms with Crippen molar-refractivity contribution in [2.24, 2.45) is 0 Å². The smallest absolute Gasteiger partial charge is 0.410 e. The number of aromatic carboxylic acids is 1. The number of fused-ring (bicyclic) bond motifs is 4. The van der Waals surface area contributed by atoms with Gasteiger partial charge in [-0.15, -0.1) is 12.4 Å². The molecule has 1 aromatic heterocycles. The molecule has 0 atom stereocenters. The Morgan fingerprint density at radius 2 is 1.60 bits per heavy atom. The van der Waals surface area contributed by atoms with E-state index in [-0.39, 0.29) is 37.2 Å². The van der Waals surface area contributed by atoms with Gasteiger partial charge in [0.1, 0.15) is 12.3 Å². The minimum absolute atomic E-state index is 0. The lowest BCUT2D eigenvalue weighted by atomic mass is 9.98. The Bertz CT molecular complexity index is 1100. The van der Waals surface area contributed by atoms with Gasteiger partial charge in [-0.25, -0.2) is 14.6 Å². The number of rotatable bonds is 3. The predicted molar refractivity (Wildman–Crippen MR) is 113 cm³/mol. The molecule has 0 saturated heterocycles. The van der Waals surface area contributed by atoms with E-state index in [0.717, 1.165) is 5.56 Å². The van der Waals surface area contributed by atoms with Crippen LogP contribution in [0.4, 0.5) is 4.79 Å². The van der Waals surface area contributed by atoms with Crippen LogP contribution in [0, 0.1) is 0 Å². The number of ether oxygens (including phenoxy) is 1. The van der Waals surface area contributed by atoms with Crippen molar-refractivity contribution < 1.29 is 19.4 Å². The number of carboxylic acid groups (broad SMARTS) is 1. The first-order valence-electron chi connectivity index (χ1n) is 9.44. The van der Waals surface area contributed by atoms with Crippen LogP contribution in [0.2, 0.25) is 0 Å². The molecule has 0 spiro atoms. The number of amides is 1. The fraction of sp³-hybridized carbons (Fsp3) is 0.174. The van der Waals surface area contributed by atoms with Gasteiger partial charge in [0, 0.05) is 5.92 Å². The van der Waals surface area contributed by atoms with Crippen molar-refractivity contribution in [1.29, 1.82) is 0 Å². The molecule has 2 heterocycles. The monoisotopic (exact) mass is 422 g/mol. The lowest BCUT2D eigenvalue weighted by Crippen LogP contribution is -2.27. The zero-order valence-corrected chi connectivity index (χ0v) is 16.8. The number of nitrogens with zero attached hydrogens (tertiary/aromatic N) is 2. The summed E-state index contributed by atoms with van der Waals surface area (Å²) < 4.78 is 5.68. The lowest BCUT2D eigenvalue weighted by Gasteiger charge is -2.18. The molecular weight excluding hydrogens is 404 g/mol. The molecular formula is C23H19ClN2O4. The third-order valence-electron chi connectivity index (χ3n) is 5.58. The summed E-state index contributed by atoms with van der Waals surface area (Å²) in [4.78, 5) is 29.5. The quantitative estimate of drug-likeness (QED) is 0.673. The molecule has 0 fully saturated rings. The number of hydrogen-bond acceptors (Lipinski definition) is 4. The van der Waals surface area contributed by atoms with Crippen molar-refractivity contribution in [3.8, 4) is 11.1 Å². The van der Waals surface area contributed by atoms with Crippen LogP contribution in [0.1, 0.15) is 38.8 Å². The summed E-state index contributed by atoms with van der Waals surface area (Å²) in [6.07, 6.45) is -0.415. The third kappa shape index (κ3) is 3.29. The molecule has 2 aromatic carbocycles. The Morgan fingerprint density at radius 3 is 2.23 bits per heavy atom. The highest BCUT2D eigenvalue weighted by Gasteiger charge is 2.31. The average Bonchev–Trinajstić information content (AvgIpc) is 3.31. The van der Waals surface area contributed by atoms with Crippen molar-refractivity contribution >= 4 is 24.5 Å². The van der Waals surface area contributed by atoms with Gasteiger partial charge in [-0.1, -0.05) is 54.6 Å². The maximum Gasteiger partial charge on any atom is 0.410 e. The number of aromatic nitrogens is 1. The van der Waals surface area contributed by atoms with Gasteiger partial charge in [0.15, 0.2) is 0 Å². The van der Waals surface area contributed by atoms with Gasteiger partial charge in [-0.2, -0.15) is 0 Å². The number of benzene rings is 2. The number of hydrogen-bond donors (Lipinski definition) is 1. The fourth-order valence-electron chi connectivity index (χ4n) is 4.19. The Hall–Kier alpha value is -3.38. The summed E-state index contributed by atoms with van der Waals surface area (Å²) >= 11 is 0. The lowest BCUT2D eigenvalue weighted by molar-refractivity contribution is 0.0690. The standard InChI is InChI=1S/C23H18N2O4.ClH/c26-22(27)20-10-9-14-11-25(12-21(14)24-20)23(28)29-13-19-17-7-3-1-5-15(17)16-6-2-4-8-18(16)19;/h1-10,19H,11-13H2,(H,26,27);1H. The number of carbonyl (C=O) groups is 2. The van der Waals surface area contributed by atoms with Crippen molar-refractivity contribution in [1.82, 2.24) is 9.88 Å². The number of carboxylic acids is 1. The molecule has 1 aliphatic heterocycles. The van der Waals surface area contributed by atoms with E-state index < -0.39 is 12.1 Å². The van der Waals surface area contributed by atoms with Crippen LogP contribution in [-0.4, -0.2) is 33.7 Å². The Balaban J connectivity index is 0.00000218. The summed E-state index contributed by atoms with van der Waals surface area (Å²) in [6.45, 7) is 0.888. The Kier molecular flexibility index (Phi) is 5.18. The van der Waals surface area contributed by atoms with Crippen LogP contribution < -0.4 is 0 Å². The average molecular weight is 423 g/mol. The van der Waals surface area contributed by atoms with Crippen LogP contribution in [0.3, 0.4) is 0 Å². The molecule has 7 heteroatoms.